The Balaban J connectivity index is 0.00000243. The van der Waals surface area contributed by atoms with Crippen LogP contribution in [-0.2, 0) is 0 Å². The Morgan fingerprint density at radius 1 is 1.19 bits per heavy atom. The number of carbonyl (C=O) groups excluding carboxylic acids is 1. The summed E-state index contributed by atoms with van der Waals surface area (Å²) >= 11 is 0. The molecule has 0 spiro atoms. The minimum absolute atomic E-state index is 0. The lowest BCUT2D eigenvalue weighted by molar-refractivity contribution is 0.251. The number of nitrogens with one attached hydrogen (secondary N) is 3. The van der Waals surface area contributed by atoms with Gasteiger partial charge in [-0.15, -0.1) is 12.4 Å². The van der Waals surface area contributed by atoms with Crippen LogP contribution in [0.25, 0.3) is 0 Å². The van der Waals surface area contributed by atoms with Crippen LogP contribution in [0.5, 0.6) is 11.5 Å². The topological polar surface area (TPSA) is 62.4 Å². The van der Waals surface area contributed by atoms with E-state index in [4.69, 9.17) is 4.74 Å². The van der Waals surface area contributed by atoms with Gasteiger partial charge in [0, 0.05) is 18.3 Å². The highest BCUT2D eigenvalue weighted by Gasteiger charge is 2.13. The van der Waals surface area contributed by atoms with E-state index in [0.717, 1.165) is 13.0 Å². The van der Waals surface area contributed by atoms with Crippen molar-refractivity contribution in [3.05, 3.63) is 54.3 Å². The van der Waals surface area contributed by atoms with Crippen LogP contribution < -0.4 is 20.7 Å². The predicted molar refractivity (Wildman–Crippen MR) is 103 cm³/mol. The number of benzene rings is 2. The lowest BCUT2D eigenvalue weighted by Crippen LogP contribution is -2.33. The predicted octanol–water partition coefficient (Wildman–Crippen LogP) is 4.30. The summed E-state index contributed by atoms with van der Waals surface area (Å²) in [7, 11) is 0. The average Bonchev–Trinajstić information content (AvgIpc) is 3.12. The highest BCUT2D eigenvalue weighted by molar-refractivity contribution is 5.89. The largest absolute Gasteiger partial charge is 0.454 e. The van der Waals surface area contributed by atoms with Crippen LogP contribution in [0.3, 0.4) is 0 Å². The van der Waals surface area contributed by atoms with Crippen molar-refractivity contribution >= 4 is 24.1 Å². The van der Waals surface area contributed by atoms with Crippen LogP contribution in [0.1, 0.15) is 19.3 Å². The molecule has 5 nitrogen and oxygen atoms in total. The van der Waals surface area contributed by atoms with E-state index in [0.29, 0.717) is 24.0 Å². The Labute approximate surface area is 158 Å². The summed E-state index contributed by atoms with van der Waals surface area (Å²) < 4.78 is 19.0. The fourth-order valence-corrected chi connectivity index (χ4v) is 2.80. The van der Waals surface area contributed by atoms with Crippen molar-refractivity contribution in [2.75, 3.05) is 18.4 Å². The van der Waals surface area contributed by atoms with E-state index >= 15 is 0 Å². The molecule has 0 unspecified atom stereocenters. The molecular formula is C19H23ClFN3O2. The van der Waals surface area contributed by atoms with Crippen molar-refractivity contribution in [1.29, 1.82) is 0 Å². The lowest BCUT2D eigenvalue weighted by atomic mass is 10.1. The number of carbonyl (C=O) groups is 1. The van der Waals surface area contributed by atoms with E-state index < -0.39 is 5.82 Å². The lowest BCUT2D eigenvalue weighted by Gasteiger charge is -2.12. The second-order valence-corrected chi connectivity index (χ2v) is 6.02. The zero-order chi connectivity index (χ0) is 17.5. The minimum atomic E-state index is -0.416. The molecule has 2 aromatic carbocycles. The number of ether oxygens (including phenoxy) is 1. The summed E-state index contributed by atoms with van der Waals surface area (Å²) in [4.78, 5) is 11.9. The highest BCUT2D eigenvalue weighted by atomic mass is 35.5. The van der Waals surface area contributed by atoms with Gasteiger partial charge in [0.1, 0.15) is 5.75 Å². The fourth-order valence-electron chi connectivity index (χ4n) is 2.80. The summed E-state index contributed by atoms with van der Waals surface area (Å²) in [5.41, 5.74) is 0.650. The Kier molecular flexibility index (Phi) is 7.69. The molecule has 1 atom stereocenters. The molecule has 3 N–H and O–H groups in total. The first kappa shape index (κ1) is 20.0. The second-order valence-electron chi connectivity index (χ2n) is 6.02. The molecule has 1 aliphatic heterocycles. The van der Waals surface area contributed by atoms with Gasteiger partial charge in [0.15, 0.2) is 11.6 Å². The molecule has 2 aromatic rings. The Morgan fingerprint density at radius 2 is 1.96 bits per heavy atom. The third-order valence-corrected chi connectivity index (χ3v) is 4.12. The number of anilines is 1. The molecule has 140 valence electrons. The molecule has 1 saturated heterocycles. The van der Waals surface area contributed by atoms with Crippen molar-refractivity contribution in [2.45, 2.75) is 25.3 Å². The van der Waals surface area contributed by atoms with Gasteiger partial charge in [-0.1, -0.05) is 12.1 Å². The van der Waals surface area contributed by atoms with E-state index in [1.54, 1.807) is 42.5 Å². The van der Waals surface area contributed by atoms with E-state index in [2.05, 4.69) is 16.0 Å². The third kappa shape index (κ3) is 5.89. The number of para-hydroxylation sites is 1. The van der Waals surface area contributed by atoms with Crippen LogP contribution in [0.2, 0.25) is 0 Å². The maximum Gasteiger partial charge on any atom is 0.319 e. The Bertz CT molecular complexity index is 706. The minimum Gasteiger partial charge on any atom is -0.454 e. The maximum atomic E-state index is 13.6. The van der Waals surface area contributed by atoms with Crippen molar-refractivity contribution in [2.24, 2.45) is 0 Å². The Morgan fingerprint density at radius 3 is 2.65 bits per heavy atom. The molecule has 1 heterocycles. The molecular weight excluding hydrogens is 357 g/mol. The van der Waals surface area contributed by atoms with Gasteiger partial charge in [0.05, 0.1) is 0 Å². The normalized spacial score (nSPS) is 15.8. The zero-order valence-corrected chi connectivity index (χ0v) is 15.2. The second kappa shape index (κ2) is 9.99. The Hall–Kier alpha value is -2.31. The standard InChI is InChI=1S/C19H22FN3O2.ClH/c20-17-5-1-2-6-18(17)25-16-9-7-15(8-10-16)23-19(24)22-13-11-14-4-3-12-21-14;/h1-2,5-10,14,21H,3-4,11-13H2,(H2,22,23,24);1H/t14-;/m1./s1. The van der Waals surface area contributed by atoms with E-state index in [1.165, 1.54) is 18.9 Å². The first-order chi connectivity index (χ1) is 12.2. The van der Waals surface area contributed by atoms with Crippen molar-refractivity contribution in [1.82, 2.24) is 10.6 Å². The first-order valence-corrected chi connectivity index (χ1v) is 8.51. The summed E-state index contributed by atoms with van der Waals surface area (Å²) in [5.74, 6) is 0.255. The van der Waals surface area contributed by atoms with Crippen LogP contribution in [-0.4, -0.2) is 25.2 Å². The molecule has 0 bridgehead atoms. The maximum absolute atomic E-state index is 13.6. The molecule has 0 saturated carbocycles. The number of amides is 2. The van der Waals surface area contributed by atoms with Gasteiger partial charge < -0.3 is 20.7 Å². The number of urea groups is 1. The van der Waals surface area contributed by atoms with Crippen molar-refractivity contribution in [3.8, 4) is 11.5 Å². The van der Waals surface area contributed by atoms with E-state index in [9.17, 15) is 9.18 Å². The van der Waals surface area contributed by atoms with Gasteiger partial charge in [-0.3, -0.25) is 0 Å². The smallest absolute Gasteiger partial charge is 0.319 e. The SMILES string of the molecule is Cl.O=C(NCC[C@H]1CCCN1)Nc1ccc(Oc2ccccc2F)cc1. The number of rotatable bonds is 6. The number of hydrogen-bond donors (Lipinski definition) is 3. The summed E-state index contributed by atoms with van der Waals surface area (Å²) in [6.07, 6.45) is 3.31. The van der Waals surface area contributed by atoms with Gasteiger partial charge in [-0.25, -0.2) is 9.18 Å². The quantitative estimate of drug-likeness (QED) is 0.701. The van der Waals surface area contributed by atoms with Crippen molar-refractivity contribution in [3.63, 3.8) is 0 Å². The molecule has 0 radical (unpaired) electrons. The van der Waals surface area contributed by atoms with Crippen molar-refractivity contribution < 1.29 is 13.9 Å². The third-order valence-electron chi connectivity index (χ3n) is 4.12. The molecule has 0 aliphatic carbocycles. The first-order valence-electron chi connectivity index (χ1n) is 8.51. The van der Waals surface area contributed by atoms with Crippen LogP contribution in [0.15, 0.2) is 48.5 Å². The molecule has 1 aliphatic rings. The number of halogens is 2. The highest BCUT2D eigenvalue weighted by Crippen LogP contribution is 2.25. The van der Waals surface area contributed by atoms with Gasteiger partial charge >= 0.3 is 6.03 Å². The molecule has 0 aromatic heterocycles. The molecule has 26 heavy (non-hydrogen) atoms. The van der Waals surface area contributed by atoms with Gasteiger partial charge in [-0.2, -0.15) is 0 Å². The summed E-state index contributed by atoms with van der Waals surface area (Å²) in [5, 5.41) is 9.02. The summed E-state index contributed by atoms with van der Waals surface area (Å²) in [6, 6.07) is 13.3. The van der Waals surface area contributed by atoms with Crippen LogP contribution in [0.4, 0.5) is 14.9 Å². The molecule has 1 fully saturated rings. The fraction of sp³-hybridized carbons (Fsp3) is 0.316. The molecule has 2 amide bonds. The zero-order valence-electron chi connectivity index (χ0n) is 14.3. The van der Waals surface area contributed by atoms with Gasteiger partial charge in [0.25, 0.3) is 0 Å². The van der Waals surface area contributed by atoms with Gasteiger partial charge in [-0.05, 0) is 62.2 Å². The summed E-state index contributed by atoms with van der Waals surface area (Å²) in [6.45, 7) is 1.70. The van der Waals surface area contributed by atoms with Gasteiger partial charge in [0.2, 0.25) is 0 Å². The number of hydrogen-bond acceptors (Lipinski definition) is 3. The molecule has 7 heteroatoms. The molecule has 3 rings (SSSR count). The average molecular weight is 380 g/mol. The van der Waals surface area contributed by atoms with Crippen LogP contribution in [0, 0.1) is 5.82 Å². The van der Waals surface area contributed by atoms with Crippen LogP contribution >= 0.6 is 12.4 Å². The van der Waals surface area contributed by atoms with E-state index in [1.807, 2.05) is 0 Å². The monoisotopic (exact) mass is 379 g/mol. The van der Waals surface area contributed by atoms with E-state index in [-0.39, 0.29) is 24.2 Å².